The molecule has 0 atom stereocenters. The summed E-state index contributed by atoms with van der Waals surface area (Å²) in [7, 11) is 1.53. The molecule has 0 spiro atoms. The fraction of sp³-hybridized carbons (Fsp3) is 0.391. The van der Waals surface area contributed by atoms with Crippen LogP contribution in [-0.4, -0.2) is 61.5 Å². The topological polar surface area (TPSA) is 59.1 Å². The first-order valence-electron chi connectivity index (χ1n) is 9.99. The number of ether oxygens (including phenoxy) is 2. The molecule has 0 aliphatic carbocycles. The number of methoxy groups -OCH3 is 1. The van der Waals surface area contributed by atoms with Crippen LogP contribution in [0.25, 0.3) is 0 Å². The van der Waals surface area contributed by atoms with Gasteiger partial charge in [0.1, 0.15) is 11.5 Å². The summed E-state index contributed by atoms with van der Waals surface area (Å²) in [5.74, 6) is 0.983. The van der Waals surface area contributed by atoms with E-state index in [1.165, 1.54) is 7.11 Å². The lowest BCUT2D eigenvalue weighted by Gasteiger charge is -2.23. The number of nitrogens with zero attached hydrogens (tertiary/aromatic N) is 2. The molecule has 0 N–H and O–H groups in total. The second-order valence-electron chi connectivity index (χ2n) is 7.43. The Morgan fingerprint density at radius 3 is 2.40 bits per heavy atom. The van der Waals surface area contributed by atoms with Crippen molar-refractivity contribution in [3.05, 3.63) is 58.1 Å². The van der Waals surface area contributed by atoms with E-state index in [1.807, 2.05) is 32.0 Å². The number of benzene rings is 2. The first-order chi connectivity index (χ1) is 14.4. The smallest absolute Gasteiger partial charge is 0.260 e. The van der Waals surface area contributed by atoms with Crippen LogP contribution in [0.3, 0.4) is 0 Å². The number of hydrogen-bond donors (Lipinski definition) is 0. The molecule has 1 aliphatic rings. The molecule has 30 heavy (non-hydrogen) atoms. The van der Waals surface area contributed by atoms with E-state index in [0.29, 0.717) is 54.7 Å². The number of rotatable bonds is 5. The van der Waals surface area contributed by atoms with Gasteiger partial charge < -0.3 is 19.3 Å². The molecular formula is C23H27ClN2O4. The summed E-state index contributed by atoms with van der Waals surface area (Å²) in [6.07, 6.45) is 0.698. The van der Waals surface area contributed by atoms with E-state index in [-0.39, 0.29) is 18.4 Å². The third-order valence-corrected chi connectivity index (χ3v) is 5.44. The normalized spacial score (nSPS) is 14.3. The number of carbonyl (C=O) groups is 2. The van der Waals surface area contributed by atoms with Crippen LogP contribution in [0.5, 0.6) is 11.5 Å². The quantitative estimate of drug-likeness (QED) is 0.725. The van der Waals surface area contributed by atoms with Crippen molar-refractivity contribution in [1.29, 1.82) is 0 Å². The van der Waals surface area contributed by atoms with Crippen molar-refractivity contribution in [1.82, 2.24) is 9.80 Å². The Morgan fingerprint density at radius 1 is 0.967 bits per heavy atom. The van der Waals surface area contributed by atoms with Crippen molar-refractivity contribution in [3.8, 4) is 11.5 Å². The van der Waals surface area contributed by atoms with Crippen LogP contribution in [-0.2, 0) is 4.79 Å². The average molecular weight is 431 g/mol. The highest BCUT2D eigenvalue weighted by Gasteiger charge is 2.25. The molecule has 160 valence electrons. The predicted molar refractivity (Wildman–Crippen MR) is 117 cm³/mol. The molecule has 0 saturated carbocycles. The van der Waals surface area contributed by atoms with Gasteiger partial charge in [-0.2, -0.15) is 0 Å². The maximum atomic E-state index is 13.0. The Bertz CT molecular complexity index is 931. The Balaban J connectivity index is 1.59. The van der Waals surface area contributed by atoms with E-state index in [1.54, 1.807) is 28.0 Å². The highest BCUT2D eigenvalue weighted by Crippen LogP contribution is 2.25. The van der Waals surface area contributed by atoms with Crippen LogP contribution in [0.2, 0.25) is 5.02 Å². The number of halogens is 1. The molecule has 6 nitrogen and oxygen atoms in total. The third-order valence-electron chi connectivity index (χ3n) is 5.21. The molecule has 2 aromatic rings. The van der Waals surface area contributed by atoms with Crippen molar-refractivity contribution < 1.29 is 19.1 Å². The van der Waals surface area contributed by atoms with Gasteiger partial charge in [0.15, 0.2) is 6.61 Å². The minimum Gasteiger partial charge on any atom is -0.496 e. The lowest BCUT2D eigenvalue weighted by molar-refractivity contribution is -0.133. The average Bonchev–Trinajstić information content (AvgIpc) is 2.98. The van der Waals surface area contributed by atoms with Crippen LogP contribution < -0.4 is 9.47 Å². The van der Waals surface area contributed by atoms with Crippen molar-refractivity contribution in [2.45, 2.75) is 20.3 Å². The Labute approximate surface area is 182 Å². The maximum Gasteiger partial charge on any atom is 0.260 e. The Hall–Kier alpha value is -2.73. The van der Waals surface area contributed by atoms with Gasteiger partial charge in [-0.3, -0.25) is 9.59 Å². The van der Waals surface area contributed by atoms with E-state index in [9.17, 15) is 9.59 Å². The van der Waals surface area contributed by atoms with E-state index < -0.39 is 0 Å². The van der Waals surface area contributed by atoms with Crippen molar-refractivity contribution >= 4 is 23.4 Å². The van der Waals surface area contributed by atoms with Gasteiger partial charge in [-0.05, 0) is 50.1 Å². The lowest BCUT2D eigenvalue weighted by atomic mass is 10.1. The highest BCUT2D eigenvalue weighted by molar-refractivity contribution is 6.31. The minimum absolute atomic E-state index is 0.0139. The molecule has 0 bridgehead atoms. The maximum absolute atomic E-state index is 13.0. The molecule has 1 fully saturated rings. The van der Waals surface area contributed by atoms with Gasteiger partial charge in [-0.15, -0.1) is 0 Å². The molecule has 1 heterocycles. The molecule has 0 radical (unpaired) electrons. The second-order valence-corrected chi connectivity index (χ2v) is 7.87. The van der Waals surface area contributed by atoms with Gasteiger partial charge in [0, 0.05) is 31.2 Å². The van der Waals surface area contributed by atoms with Crippen LogP contribution in [0.4, 0.5) is 0 Å². The molecule has 7 heteroatoms. The minimum atomic E-state index is -0.143. The van der Waals surface area contributed by atoms with Gasteiger partial charge in [0.25, 0.3) is 11.8 Å². The van der Waals surface area contributed by atoms with Crippen LogP contribution >= 0.6 is 11.6 Å². The summed E-state index contributed by atoms with van der Waals surface area (Å²) < 4.78 is 11.0. The van der Waals surface area contributed by atoms with E-state index in [2.05, 4.69) is 0 Å². The first kappa shape index (κ1) is 22.0. The lowest BCUT2D eigenvalue weighted by Crippen LogP contribution is -2.39. The van der Waals surface area contributed by atoms with Gasteiger partial charge >= 0.3 is 0 Å². The van der Waals surface area contributed by atoms with E-state index in [0.717, 1.165) is 11.1 Å². The standard InChI is InChI=1S/C23H27ClN2O4/c1-16-5-7-20(17(2)13-16)30-15-22(27)25-9-4-10-26(12-11-25)23(28)19-14-18(24)6-8-21(19)29-3/h5-8,13-14H,4,9-12,15H2,1-3H3. The number of carbonyl (C=O) groups excluding carboxylic acids is 2. The Morgan fingerprint density at radius 2 is 1.67 bits per heavy atom. The summed E-state index contributed by atoms with van der Waals surface area (Å²) >= 11 is 6.07. The summed E-state index contributed by atoms with van der Waals surface area (Å²) in [6, 6.07) is 10.9. The van der Waals surface area contributed by atoms with Crippen molar-refractivity contribution in [3.63, 3.8) is 0 Å². The molecule has 1 aliphatic heterocycles. The zero-order chi connectivity index (χ0) is 21.7. The van der Waals surface area contributed by atoms with E-state index >= 15 is 0 Å². The second kappa shape index (κ2) is 9.85. The number of amides is 2. The third kappa shape index (κ3) is 5.25. The number of aryl methyl sites for hydroxylation is 2. The van der Waals surface area contributed by atoms with Crippen LogP contribution in [0.15, 0.2) is 36.4 Å². The fourth-order valence-electron chi connectivity index (χ4n) is 3.58. The van der Waals surface area contributed by atoms with Crippen LogP contribution in [0, 0.1) is 13.8 Å². The molecule has 1 saturated heterocycles. The summed E-state index contributed by atoms with van der Waals surface area (Å²) in [5, 5.41) is 0.481. The molecule has 2 aromatic carbocycles. The summed E-state index contributed by atoms with van der Waals surface area (Å²) in [4.78, 5) is 29.1. The SMILES string of the molecule is COc1ccc(Cl)cc1C(=O)N1CCCN(C(=O)COc2ccc(C)cc2C)CC1. The van der Waals surface area contributed by atoms with Gasteiger partial charge in [0.05, 0.1) is 12.7 Å². The molecular weight excluding hydrogens is 404 g/mol. The zero-order valence-electron chi connectivity index (χ0n) is 17.6. The molecule has 3 rings (SSSR count). The van der Waals surface area contributed by atoms with Gasteiger partial charge in [-0.25, -0.2) is 0 Å². The predicted octanol–water partition coefficient (Wildman–Crippen LogP) is 3.72. The van der Waals surface area contributed by atoms with Crippen LogP contribution in [0.1, 0.15) is 27.9 Å². The van der Waals surface area contributed by atoms with Crippen molar-refractivity contribution in [2.75, 3.05) is 39.9 Å². The van der Waals surface area contributed by atoms with E-state index in [4.69, 9.17) is 21.1 Å². The first-order valence-corrected chi connectivity index (χ1v) is 10.4. The largest absolute Gasteiger partial charge is 0.496 e. The fourth-order valence-corrected chi connectivity index (χ4v) is 3.75. The number of hydrogen-bond acceptors (Lipinski definition) is 4. The van der Waals surface area contributed by atoms with Crippen molar-refractivity contribution in [2.24, 2.45) is 0 Å². The zero-order valence-corrected chi connectivity index (χ0v) is 18.4. The Kier molecular flexibility index (Phi) is 7.21. The molecule has 2 amide bonds. The monoisotopic (exact) mass is 430 g/mol. The van der Waals surface area contributed by atoms with Gasteiger partial charge in [0.2, 0.25) is 0 Å². The van der Waals surface area contributed by atoms with Gasteiger partial charge in [-0.1, -0.05) is 29.3 Å². The highest BCUT2D eigenvalue weighted by atomic mass is 35.5. The molecule has 0 aromatic heterocycles. The molecule has 0 unspecified atom stereocenters. The summed E-state index contributed by atoms with van der Waals surface area (Å²) in [6.45, 7) is 6.03. The summed E-state index contributed by atoms with van der Waals surface area (Å²) in [5.41, 5.74) is 2.59.